The highest BCUT2D eigenvalue weighted by molar-refractivity contribution is 9.10. The Morgan fingerprint density at radius 3 is 2.43 bits per heavy atom. The van der Waals surface area contributed by atoms with Gasteiger partial charge in [0.2, 0.25) is 0 Å². The zero-order valence-corrected chi connectivity index (χ0v) is 16.5. The van der Waals surface area contributed by atoms with E-state index in [0.717, 1.165) is 21.1 Å². The number of non-ortho nitro benzene ring substituents is 1. The lowest BCUT2D eigenvalue weighted by Crippen LogP contribution is -2.48. The van der Waals surface area contributed by atoms with E-state index in [9.17, 15) is 14.9 Å². The molecule has 0 radical (unpaired) electrons. The molecule has 28 heavy (non-hydrogen) atoms. The minimum atomic E-state index is -0.468. The Morgan fingerprint density at radius 1 is 1.04 bits per heavy atom. The van der Waals surface area contributed by atoms with Crippen LogP contribution >= 0.6 is 15.9 Å². The summed E-state index contributed by atoms with van der Waals surface area (Å²) in [7, 11) is 0. The Hall–Kier alpha value is -3.00. The second-order valence-corrected chi connectivity index (χ2v) is 7.49. The highest BCUT2D eigenvalue weighted by atomic mass is 79.9. The van der Waals surface area contributed by atoms with Gasteiger partial charge in [-0.25, -0.2) is 0 Å². The lowest BCUT2D eigenvalue weighted by molar-refractivity contribution is -0.384. The molecule has 1 aliphatic heterocycles. The van der Waals surface area contributed by atoms with E-state index >= 15 is 0 Å². The van der Waals surface area contributed by atoms with Crippen LogP contribution in [0.5, 0.6) is 0 Å². The number of halogens is 1. The standard InChI is InChI=1S/C20H17BrN4O3/c21-15-3-6-18-17(13-15)19(7-8-22-18)23-9-11-24(12-10-23)20(26)14-1-4-16(5-2-14)25(27)28/h1-8,13H,9-12H2. The third kappa shape index (κ3) is 3.55. The van der Waals surface area contributed by atoms with Gasteiger partial charge in [-0.05, 0) is 36.4 Å². The van der Waals surface area contributed by atoms with E-state index in [1.807, 2.05) is 18.2 Å². The first-order valence-electron chi connectivity index (χ1n) is 8.86. The maximum absolute atomic E-state index is 12.7. The first kappa shape index (κ1) is 18.4. The van der Waals surface area contributed by atoms with Crippen LogP contribution in [0.15, 0.2) is 59.2 Å². The molecule has 1 aliphatic rings. The molecule has 2 heterocycles. The van der Waals surface area contributed by atoms with Crippen LogP contribution in [0.2, 0.25) is 0 Å². The number of carbonyl (C=O) groups is 1. The molecule has 0 unspecified atom stereocenters. The molecule has 0 N–H and O–H groups in total. The molecule has 142 valence electrons. The fourth-order valence-electron chi connectivity index (χ4n) is 3.44. The molecule has 0 saturated carbocycles. The molecule has 0 spiro atoms. The van der Waals surface area contributed by atoms with Crippen molar-refractivity contribution in [2.75, 3.05) is 31.1 Å². The number of rotatable bonds is 3. The van der Waals surface area contributed by atoms with Gasteiger partial charge in [0, 0.05) is 65.6 Å². The molecule has 1 aromatic heterocycles. The molecule has 3 aromatic rings. The molecule has 8 heteroatoms. The predicted molar refractivity (Wildman–Crippen MR) is 111 cm³/mol. The molecule has 4 rings (SSSR count). The van der Waals surface area contributed by atoms with E-state index in [1.54, 1.807) is 11.1 Å². The van der Waals surface area contributed by atoms with Crippen molar-refractivity contribution in [3.8, 4) is 0 Å². The summed E-state index contributed by atoms with van der Waals surface area (Å²) in [4.78, 5) is 31.5. The SMILES string of the molecule is O=C(c1ccc([N+](=O)[O-])cc1)N1CCN(c2ccnc3ccc(Br)cc23)CC1. The number of nitro groups is 1. The number of anilines is 1. The van der Waals surface area contributed by atoms with Gasteiger partial charge in [0.25, 0.3) is 11.6 Å². The summed E-state index contributed by atoms with van der Waals surface area (Å²) in [6, 6.07) is 13.8. The molecule has 1 saturated heterocycles. The van der Waals surface area contributed by atoms with Gasteiger partial charge in [0.1, 0.15) is 0 Å². The van der Waals surface area contributed by atoms with E-state index in [4.69, 9.17) is 0 Å². The van der Waals surface area contributed by atoms with Crippen molar-refractivity contribution in [1.82, 2.24) is 9.88 Å². The van der Waals surface area contributed by atoms with Crippen LogP contribution < -0.4 is 4.90 Å². The van der Waals surface area contributed by atoms with Gasteiger partial charge in [-0.2, -0.15) is 0 Å². The Kier molecular flexibility index (Phi) is 4.95. The van der Waals surface area contributed by atoms with Crippen molar-refractivity contribution in [3.05, 3.63) is 74.9 Å². The highest BCUT2D eigenvalue weighted by Gasteiger charge is 2.23. The summed E-state index contributed by atoms with van der Waals surface area (Å²) in [5.74, 6) is -0.100. The van der Waals surface area contributed by atoms with Gasteiger partial charge in [-0.15, -0.1) is 0 Å². The number of pyridine rings is 1. The smallest absolute Gasteiger partial charge is 0.269 e. The first-order chi connectivity index (χ1) is 13.5. The van der Waals surface area contributed by atoms with Crippen LogP contribution in [0.25, 0.3) is 10.9 Å². The summed E-state index contributed by atoms with van der Waals surface area (Å²) in [6.45, 7) is 2.61. The Morgan fingerprint density at radius 2 is 1.75 bits per heavy atom. The average Bonchev–Trinajstić information content (AvgIpc) is 2.73. The number of nitrogens with zero attached hydrogens (tertiary/aromatic N) is 4. The van der Waals surface area contributed by atoms with Crippen molar-refractivity contribution in [2.24, 2.45) is 0 Å². The fraction of sp³-hybridized carbons (Fsp3) is 0.200. The number of nitro benzene ring substituents is 1. The van der Waals surface area contributed by atoms with Crippen LogP contribution in [0.1, 0.15) is 10.4 Å². The monoisotopic (exact) mass is 440 g/mol. The molecule has 2 aromatic carbocycles. The van der Waals surface area contributed by atoms with Crippen molar-refractivity contribution >= 4 is 44.1 Å². The normalized spacial score (nSPS) is 14.3. The second-order valence-electron chi connectivity index (χ2n) is 6.57. The summed E-state index contributed by atoms with van der Waals surface area (Å²) in [6.07, 6.45) is 1.81. The topological polar surface area (TPSA) is 79.6 Å². The van der Waals surface area contributed by atoms with Crippen molar-refractivity contribution in [2.45, 2.75) is 0 Å². The van der Waals surface area contributed by atoms with E-state index in [0.29, 0.717) is 31.7 Å². The highest BCUT2D eigenvalue weighted by Crippen LogP contribution is 2.29. The average molecular weight is 441 g/mol. The molecule has 0 atom stereocenters. The minimum Gasteiger partial charge on any atom is -0.367 e. The van der Waals surface area contributed by atoms with E-state index in [2.05, 4.69) is 31.9 Å². The minimum absolute atomic E-state index is 0.0166. The number of hydrogen-bond acceptors (Lipinski definition) is 5. The van der Waals surface area contributed by atoms with Crippen molar-refractivity contribution < 1.29 is 9.72 Å². The molecular weight excluding hydrogens is 424 g/mol. The Labute approximate surface area is 169 Å². The summed E-state index contributed by atoms with van der Waals surface area (Å²) in [5, 5.41) is 11.8. The molecule has 0 bridgehead atoms. The fourth-order valence-corrected chi connectivity index (χ4v) is 3.80. The molecule has 1 fully saturated rings. The molecule has 7 nitrogen and oxygen atoms in total. The Bertz CT molecular complexity index is 1050. The van der Waals surface area contributed by atoms with Crippen molar-refractivity contribution in [1.29, 1.82) is 0 Å². The van der Waals surface area contributed by atoms with Gasteiger partial charge in [-0.1, -0.05) is 15.9 Å². The quantitative estimate of drug-likeness (QED) is 0.456. The largest absolute Gasteiger partial charge is 0.367 e. The van der Waals surface area contributed by atoms with Gasteiger partial charge in [0.05, 0.1) is 10.4 Å². The van der Waals surface area contributed by atoms with Crippen LogP contribution in [0.3, 0.4) is 0 Å². The predicted octanol–water partition coefficient (Wildman–Crippen LogP) is 3.87. The summed E-state index contributed by atoms with van der Waals surface area (Å²) in [5.41, 5.74) is 2.49. The van der Waals surface area contributed by atoms with E-state index < -0.39 is 4.92 Å². The number of aromatic nitrogens is 1. The van der Waals surface area contributed by atoms with E-state index in [1.165, 1.54) is 24.3 Å². The first-order valence-corrected chi connectivity index (χ1v) is 9.65. The maximum atomic E-state index is 12.7. The third-order valence-corrected chi connectivity index (χ3v) is 5.41. The lowest BCUT2D eigenvalue weighted by atomic mass is 10.1. The van der Waals surface area contributed by atoms with Crippen molar-refractivity contribution in [3.63, 3.8) is 0 Å². The van der Waals surface area contributed by atoms with Crippen LogP contribution in [-0.4, -0.2) is 46.9 Å². The number of fused-ring (bicyclic) bond motifs is 1. The third-order valence-electron chi connectivity index (χ3n) is 4.91. The van der Waals surface area contributed by atoms with Gasteiger partial charge in [-0.3, -0.25) is 19.9 Å². The number of piperazine rings is 1. The second kappa shape index (κ2) is 7.55. The molecule has 0 aliphatic carbocycles. The van der Waals surface area contributed by atoms with Gasteiger partial charge >= 0.3 is 0 Å². The maximum Gasteiger partial charge on any atom is 0.269 e. The van der Waals surface area contributed by atoms with Gasteiger partial charge < -0.3 is 9.80 Å². The number of hydrogen-bond donors (Lipinski definition) is 0. The van der Waals surface area contributed by atoms with Crippen LogP contribution in [0.4, 0.5) is 11.4 Å². The van der Waals surface area contributed by atoms with Gasteiger partial charge in [0.15, 0.2) is 0 Å². The zero-order valence-electron chi connectivity index (χ0n) is 14.9. The number of amides is 1. The number of benzene rings is 2. The van der Waals surface area contributed by atoms with Crippen LogP contribution in [-0.2, 0) is 0 Å². The summed E-state index contributed by atoms with van der Waals surface area (Å²) < 4.78 is 1.00. The number of carbonyl (C=O) groups excluding carboxylic acids is 1. The Balaban J connectivity index is 1.48. The summed E-state index contributed by atoms with van der Waals surface area (Å²) >= 11 is 3.52. The van der Waals surface area contributed by atoms with E-state index in [-0.39, 0.29) is 11.6 Å². The van der Waals surface area contributed by atoms with Crippen LogP contribution in [0, 0.1) is 10.1 Å². The lowest BCUT2D eigenvalue weighted by Gasteiger charge is -2.36. The molecular formula is C20H17BrN4O3. The zero-order chi connectivity index (χ0) is 19.7. The molecule has 1 amide bonds.